The molecule has 5 bridgehead atoms. The fourth-order valence-corrected chi connectivity index (χ4v) is 16.0. The van der Waals surface area contributed by atoms with Crippen molar-refractivity contribution in [2.45, 2.75) is 69.2 Å². The van der Waals surface area contributed by atoms with Gasteiger partial charge in [-0.25, -0.2) is 0 Å². The molecular formula is C19H25I2O2-. The van der Waals surface area contributed by atoms with Crippen molar-refractivity contribution in [1.29, 1.82) is 0 Å². The van der Waals surface area contributed by atoms with Gasteiger partial charge in [0, 0.05) is 0 Å². The Morgan fingerprint density at radius 2 is 2.04 bits per heavy atom. The maximum atomic E-state index is 13.2. The van der Waals surface area contributed by atoms with E-state index in [1.54, 1.807) is 0 Å². The number of ether oxygens (including phenoxy) is 1. The molecule has 7 aliphatic rings. The Kier molecular flexibility index (Phi) is 2.78. The van der Waals surface area contributed by atoms with Crippen LogP contribution in [0, 0.1) is 35.0 Å². The average molecular weight is 539 g/mol. The summed E-state index contributed by atoms with van der Waals surface area (Å²) in [5.74, 6) is 3.53. The molecule has 2 aliphatic heterocycles. The van der Waals surface area contributed by atoms with Gasteiger partial charge < -0.3 is 0 Å². The number of fused-ring (bicyclic) bond motifs is 1. The number of hydrogen-bond acceptors (Lipinski definition) is 2. The second-order valence-corrected chi connectivity index (χ2v) is 15.2. The van der Waals surface area contributed by atoms with Crippen molar-refractivity contribution in [3.8, 4) is 0 Å². The van der Waals surface area contributed by atoms with Gasteiger partial charge >= 0.3 is 164 Å². The Labute approximate surface area is 162 Å². The van der Waals surface area contributed by atoms with E-state index in [0.717, 1.165) is 26.1 Å². The molecule has 2 saturated heterocycles. The van der Waals surface area contributed by atoms with Crippen molar-refractivity contribution in [3.63, 3.8) is 0 Å². The number of esters is 1. The minimum atomic E-state index is -0.122. The first kappa shape index (κ1) is 15.0. The van der Waals surface area contributed by atoms with Crippen molar-refractivity contribution < 1.29 is 30.7 Å². The second-order valence-electron chi connectivity index (χ2n) is 9.80. The first-order valence-corrected chi connectivity index (χ1v) is 13.0. The van der Waals surface area contributed by atoms with E-state index in [2.05, 4.69) is 36.4 Å². The van der Waals surface area contributed by atoms with Crippen LogP contribution in [0.1, 0.15) is 52.4 Å². The zero-order valence-electron chi connectivity index (χ0n) is 13.9. The van der Waals surface area contributed by atoms with Crippen LogP contribution in [0.4, 0.5) is 0 Å². The van der Waals surface area contributed by atoms with E-state index in [4.69, 9.17) is 4.74 Å². The Balaban J connectivity index is 1.26. The molecule has 23 heavy (non-hydrogen) atoms. The van der Waals surface area contributed by atoms with Crippen molar-refractivity contribution >= 4 is 28.6 Å². The van der Waals surface area contributed by atoms with Crippen LogP contribution < -0.4 is 21.2 Å². The van der Waals surface area contributed by atoms with Crippen LogP contribution in [0.15, 0.2) is 0 Å². The number of halogens is 2. The molecule has 5 aliphatic carbocycles. The molecular weight excluding hydrogens is 514 g/mol. The molecule has 0 aromatic heterocycles. The van der Waals surface area contributed by atoms with Crippen LogP contribution in [0.3, 0.4) is 0 Å². The molecule has 2 heterocycles. The minimum absolute atomic E-state index is 0.122. The zero-order valence-corrected chi connectivity index (χ0v) is 18.2. The fraction of sp³-hybridized carbons (Fsp3) is 0.947. The molecule has 0 N–H and O–H groups in total. The Hall–Kier alpha value is 0.930. The van der Waals surface area contributed by atoms with Crippen molar-refractivity contribution in [3.05, 3.63) is 0 Å². The van der Waals surface area contributed by atoms with E-state index in [1.807, 2.05) is 0 Å². The predicted octanol–water partition coefficient (Wildman–Crippen LogP) is 0.798. The van der Waals surface area contributed by atoms with Gasteiger partial charge in [-0.1, -0.05) is 0 Å². The van der Waals surface area contributed by atoms with Crippen molar-refractivity contribution in [2.75, 3.05) is 0 Å². The van der Waals surface area contributed by atoms with Gasteiger partial charge in [0.25, 0.3) is 0 Å². The van der Waals surface area contributed by atoms with Gasteiger partial charge in [-0.05, 0) is 0 Å². The first-order valence-electron chi connectivity index (χ1n) is 9.39. The number of alkyl halides is 3. The molecule has 10 atom stereocenters. The quantitative estimate of drug-likeness (QED) is 0.295. The molecule has 128 valence electrons. The summed E-state index contributed by atoms with van der Waals surface area (Å²) in [4.78, 5) is 13.2. The molecule has 2 nitrogen and oxygen atoms in total. The standard InChI is InChI=1S/C19H25I2O2/c1-9-3-11-7-18(5-9)8-13(18)17(11,2)23-16(22)12-4-10-6-19(12)15(20)14(10)21-19/h9-15H,3-8H2,1-2H3/q-1. The molecule has 10 unspecified atom stereocenters. The van der Waals surface area contributed by atoms with Gasteiger partial charge in [0.05, 0.1) is 0 Å². The van der Waals surface area contributed by atoms with Crippen molar-refractivity contribution in [2.24, 2.45) is 35.0 Å². The zero-order chi connectivity index (χ0) is 15.8. The van der Waals surface area contributed by atoms with Crippen LogP contribution in [-0.4, -0.2) is 22.8 Å². The second kappa shape index (κ2) is 4.25. The molecule has 7 fully saturated rings. The van der Waals surface area contributed by atoms with E-state index >= 15 is 0 Å². The van der Waals surface area contributed by atoms with Crippen LogP contribution in [0.25, 0.3) is 0 Å². The third-order valence-electron chi connectivity index (χ3n) is 8.60. The summed E-state index contributed by atoms with van der Waals surface area (Å²) in [7, 11) is 0. The molecule has 5 saturated carbocycles. The SMILES string of the molecule is CC1CC2CC3(C1)CC3C2(C)OC(=O)C1CC2CC13[I-]C2C3I. The molecule has 2 spiro atoms. The summed E-state index contributed by atoms with van der Waals surface area (Å²) >= 11 is 2.93. The van der Waals surface area contributed by atoms with Gasteiger partial charge in [0.1, 0.15) is 0 Å². The number of carbonyl (C=O) groups is 1. The molecule has 0 amide bonds. The first-order chi connectivity index (χ1) is 10.9. The van der Waals surface area contributed by atoms with E-state index in [9.17, 15) is 4.79 Å². The topological polar surface area (TPSA) is 26.3 Å². The van der Waals surface area contributed by atoms with Gasteiger partial charge in [-0.15, -0.1) is 0 Å². The summed E-state index contributed by atoms with van der Waals surface area (Å²) < 4.78 is 8.74. The van der Waals surface area contributed by atoms with E-state index in [-0.39, 0.29) is 38.7 Å². The summed E-state index contributed by atoms with van der Waals surface area (Å²) in [6.45, 7) is 4.71. The molecule has 7 rings (SSSR count). The fourth-order valence-electron chi connectivity index (χ4n) is 7.66. The van der Waals surface area contributed by atoms with Crippen LogP contribution in [0.5, 0.6) is 0 Å². The van der Waals surface area contributed by atoms with Gasteiger partial charge in [0.15, 0.2) is 0 Å². The normalized spacial score (nSPS) is 67.2. The Morgan fingerprint density at radius 1 is 1.22 bits per heavy atom. The number of carbonyl (C=O) groups excluding carboxylic acids is 1. The average Bonchev–Trinajstić information content (AvgIpc) is 2.83. The van der Waals surface area contributed by atoms with Crippen molar-refractivity contribution in [1.82, 2.24) is 0 Å². The molecule has 0 radical (unpaired) electrons. The monoisotopic (exact) mass is 539 g/mol. The van der Waals surface area contributed by atoms with Crippen LogP contribution >= 0.6 is 22.6 Å². The third kappa shape index (κ3) is 1.61. The number of rotatable bonds is 2. The summed E-state index contributed by atoms with van der Waals surface area (Å²) in [6.07, 6.45) is 7.87. The summed E-state index contributed by atoms with van der Waals surface area (Å²) in [6, 6.07) is 0. The molecule has 0 aromatic carbocycles. The van der Waals surface area contributed by atoms with Gasteiger partial charge in [0.2, 0.25) is 0 Å². The number of hydrogen-bond donors (Lipinski definition) is 0. The van der Waals surface area contributed by atoms with Gasteiger partial charge in [-0.3, -0.25) is 0 Å². The third-order valence-corrected chi connectivity index (χ3v) is 18.5. The molecule has 4 heteroatoms. The van der Waals surface area contributed by atoms with Crippen LogP contribution in [0.2, 0.25) is 0 Å². The van der Waals surface area contributed by atoms with E-state index < -0.39 is 0 Å². The Morgan fingerprint density at radius 3 is 2.74 bits per heavy atom. The maximum absolute atomic E-state index is 13.2. The molecule has 0 aromatic rings. The van der Waals surface area contributed by atoms with E-state index in [1.165, 1.54) is 32.1 Å². The predicted molar refractivity (Wildman–Crippen MR) is 92.1 cm³/mol. The summed E-state index contributed by atoms with van der Waals surface area (Å²) in [5.41, 5.74) is 0.452. The summed E-state index contributed by atoms with van der Waals surface area (Å²) in [5, 5.41) is 0. The van der Waals surface area contributed by atoms with Crippen LogP contribution in [-0.2, 0) is 9.53 Å². The van der Waals surface area contributed by atoms with Gasteiger partial charge in [-0.2, -0.15) is 0 Å². The Bertz CT molecular complexity index is 620. The van der Waals surface area contributed by atoms with E-state index in [0.29, 0.717) is 20.7 Å².